The first-order valence-corrected chi connectivity index (χ1v) is 10.8. The average Bonchev–Trinajstić information content (AvgIpc) is 3.50. The van der Waals surface area contributed by atoms with E-state index in [0.29, 0.717) is 21.5 Å². The van der Waals surface area contributed by atoms with Gasteiger partial charge in [-0.1, -0.05) is 17.3 Å². The van der Waals surface area contributed by atoms with Gasteiger partial charge in [0.2, 0.25) is 11.7 Å². The number of hydrogen-bond donors (Lipinski definition) is 0. The molecule has 0 unspecified atom stereocenters. The normalized spacial score (nSPS) is 11.2. The first kappa shape index (κ1) is 20.8. The maximum Gasteiger partial charge on any atom is 0.332 e. The Bertz CT molecular complexity index is 1550. The van der Waals surface area contributed by atoms with Gasteiger partial charge in [-0.2, -0.15) is 4.98 Å². The minimum Gasteiger partial charge on any atom is -0.497 e. The number of benzene rings is 2. The van der Waals surface area contributed by atoms with Crippen LogP contribution in [0, 0.1) is 5.82 Å². The standard InChI is InChI=1S/C23H17FN4O4S/c1-31-17-8-2-14(3-9-17)12-28-22(29)20-18(10-11-33-20)27(23(28)30)13-19-25-21(26-32-19)15-4-6-16(24)7-5-15/h2-11H,12-13H2,1H3. The van der Waals surface area contributed by atoms with Crippen molar-refractivity contribution in [2.24, 2.45) is 0 Å². The molecular formula is C23H17FN4O4S. The molecule has 0 aliphatic carbocycles. The summed E-state index contributed by atoms with van der Waals surface area (Å²) >= 11 is 1.27. The molecule has 2 aromatic carbocycles. The number of thiophene rings is 1. The lowest BCUT2D eigenvalue weighted by molar-refractivity contribution is 0.369. The van der Waals surface area contributed by atoms with E-state index in [-0.39, 0.29) is 36.2 Å². The molecule has 0 bridgehead atoms. The fourth-order valence-corrected chi connectivity index (χ4v) is 4.35. The summed E-state index contributed by atoms with van der Waals surface area (Å²) in [5.41, 5.74) is 1.04. The van der Waals surface area contributed by atoms with E-state index < -0.39 is 5.69 Å². The minimum absolute atomic E-state index is 0.0108. The largest absolute Gasteiger partial charge is 0.497 e. The van der Waals surface area contributed by atoms with E-state index in [9.17, 15) is 14.0 Å². The van der Waals surface area contributed by atoms with E-state index in [4.69, 9.17) is 9.26 Å². The van der Waals surface area contributed by atoms with Gasteiger partial charge in [-0.15, -0.1) is 11.3 Å². The molecule has 3 heterocycles. The van der Waals surface area contributed by atoms with Crippen LogP contribution in [0.4, 0.5) is 4.39 Å². The Morgan fingerprint density at radius 3 is 2.48 bits per heavy atom. The van der Waals surface area contributed by atoms with Crippen LogP contribution >= 0.6 is 11.3 Å². The Labute approximate surface area is 190 Å². The van der Waals surface area contributed by atoms with Crippen molar-refractivity contribution in [2.45, 2.75) is 13.1 Å². The number of aromatic nitrogens is 4. The Kier molecular flexibility index (Phi) is 5.35. The van der Waals surface area contributed by atoms with E-state index in [0.717, 1.165) is 5.56 Å². The summed E-state index contributed by atoms with van der Waals surface area (Å²) in [6.07, 6.45) is 0. The zero-order valence-corrected chi connectivity index (χ0v) is 18.2. The van der Waals surface area contributed by atoms with Crippen LogP contribution in [0.3, 0.4) is 0 Å². The summed E-state index contributed by atoms with van der Waals surface area (Å²) in [7, 11) is 1.57. The van der Waals surface area contributed by atoms with Crippen LogP contribution in [0.1, 0.15) is 11.5 Å². The van der Waals surface area contributed by atoms with Crippen LogP contribution in [0.15, 0.2) is 74.1 Å². The molecule has 0 N–H and O–H groups in total. The molecule has 0 amide bonds. The molecule has 0 saturated carbocycles. The number of hydrogen-bond acceptors (Lipinski definition) is 7. The van der Waals surface area contributed by atoms with Crippen LogP contribution in [-0.2, 0) is 13.1 Å². The van der Waals surface area contributed by atoms with Gasteiger partial charge >= 0.3 is 5.69 Å². The summed E-state index contributed by atoms with van der Waals surface area (Å²) < 4.78 is 26.8. The van der Waals surface area contributed by atoms with Crippen molar-refractivity contribution >= 4 is 21.6 Å². The van der Waals surface area contributed by atoms with Crippen LogP contribution in [-0.4, -0.2) is 26.4 Å². The zero-order valence-electron chi connectivity index (χ0n) is 17.4. The Morgan fingerprint density at radius 1 is 1.00 bits per heavy atom. The van der Waals surface area contributed by atoms with Crippen LogP contribution in [0.2, 0.25) is 0 Å². The van der Waals surface area contributed by atoms with Gasteiger partial charge in [0.1, 0.15) is 22.8 Å². The molecule has 0 spiro atoms. The minimum atomic E-state index is -0.483. The maximum atomic E-state index is 13.3. The number of rotatable bonds is 6. The summed E-state index contributed by atoms with van der Waals surface area (Å²) in [5, 5.41) is 5.69. The number of ether oxygens (including phenoxy) is 1. The molecule has 0 aliphatic heterocycles. The highest BCUT2D eigenvalue weighted by atomic mass is 32.1. The number of nitrogens with zero attached hydrogens (tertiary/aromatic N) is 4. The second kappa shape index (κ2) is 8.47. The molecule has 0 radical (unpaired) electrons. The number of fused-ring (bicyclic) bond motifs is 1. The van der Waals surface area contributed by atoms with Crippen molar-refractivity contribution in [3.63, 3.8) is 0 Å². The molecule has 5 rings (SSSR count). The first-order valence-electron chi connectivity index (χ1n) is 9.96. The van der Waals surface area contributed by atoms with Gasteiger partial charge in [-0.05, 0) is 53.4 Å². The van der Waals surface area contributed by atoms with Crippen molar-refractivity contribution in [1.29, 1.82) is 0 Å². The Morgan fingerprint density at radius 2 is 1.76 bits per heavy atom. The van der Waals surface area contributed by atoms with Crippen molar-refractivity contribution < 1.29 is 13.7 Å². The van der Waals surface area contributed by atoms with Gasteiger partial charge in [-0.3, -0.25) is 13.9 Å². The lowest BCUT2D eigenvalue weighted by Gasteiger charge is -2.11. The molecule has 166 valence electrons. The van der Waals surface area contributed by atoms with Gasteiger partial charge in [0.15, 0.2) is 0 Å². The monoisotopic (exact) mass is 464 g/mol. The fourth-order valence-electron chi connectivity index (χ4n) is 3.51. The lowest BCUT2D eigenvalue weighted by atomic mass is 10.2. The molecule has 0 aliphatic rings. The highest BCUT2D eigenvalue weighted by molar-refractivity contribution is 7.17. The molecular weight excluding hydrogens is 447 g/mol. The van der Waals surface area contributed by atoms with Crippen molar-refractivity contribution in [2.75, 3.05) is 7.11 Å². The topological polar surface area (TPSA) is 92.2 Å². The van der Waals surface area contributed by atoms with Crippen LogP contribution in [0.25, 0.3) is 21.6 Å². The van der Waals surface area contributed by atoms with Gasteiger partial charge in [0, 0.05) is 5.56 Å². The Hall–Kier alpha value is -4.05. The third-order valence-corrected chi connectivity index (χ3v) is 6.09. The van der Waals surface area contributed by atoms with E-state index in [1.54, 1.807) is 55.0 Å². The van der Waals surface area contributed by atoms with Gasteiger partial charge < -0.3 is 9.26 Å². The van der Waals surface area contributed by atoms with Crippen molar-refractivity contribution in [1.82, 2.24) is 19.3 Å². The van der Waals surface area contributed by atoms with Crippen LogP contribution < -0.4 is 16.0 Å². The fraction of sp³-hybridized carbons (Fsp3) is 0.130. The smallest absolute Gasteiger partial charge is 0.332 e. The van der Waals surface area contributed by atoms with Gasteiger partial charge in [0.25, 0.3) is 5.56 Å². The third kappa shape index (κ3) is 3.96. The van der Waals surface area contributed by atoms with Crippen molar-refractivity contribution in [3.05, 3.63) is 98.1 Å². The Balaban J connectivity index is 1.53. The van der Waals surface area contributed by atoms with E-state index >= 15 is 0 Å². The maximum absolute atomic E-state index is 13.3. The second-order valence-corrected chi connectivity index (χ2v) is 8.18. The summed E-state index contributed by atoms with van der Waals surface area (Å²) in [6.45, 7) is 0.101. The summed E-state index contributed by atoms with van der Waals surface area (Å²) in [5.74, 6) is 0.795. The SMILES string of the molecule is COc1ccc(Cn2c(=O)c3sccc3n(Cc3nc(-c4ccc(F)cc4)no3)c2=O)cc1. The quantitative estimate of drug-likeness (QED) is 0.382. The number of methoxy groups -OCH3 is 1. The average molecular weight is 464 g/mol. The summed E-state index contributed by atoms with van der Waals surface area (Å²) in [4.78, 5) is 30.7. The molecule has 3 aromatic heterocycles. The van der Waals surface area contributed by atoms with Gasteiger partial charge in [0.05, 0.1) is 19.2 Å². The van der Waals surface area contributed by atoms with E-state index in [1.165, 1.54) is 32.6 Å². The van der Waals surface area contributed by atoms with Crippen molar-refractivity contribution in [3.8, 4) is 17.1 Å². The highest BCUT2D eigenvalue weighted by Gasteiger charge is 2.17. The molecule has 8 nitrogen and oxygen atoms in total. The summed E-state index contributed by atoms with van der Waals surface area (Å²) in [6, 6.07) is 14.6. The molecule has 0 atom stereocenters. The molecule has 0 fully saturated rings. The highest BCUT2D eigenvalue weighted by Crippen LogP contribution is 2.19. The lowest BCUT2D eigenvalue weighted by Crippen LogP contribution is -2.40. The zero-order chi connectivity index (χ0) is 22.9. The molecule has 0 saturated heterocycles. The third-order valence-electron chi connectivity index (χ3n) is 5.20. The predicted molar refractivity (Wildman–Crippen MR) is 121 cm³/mol. The molecule has 5 aromatic rings. The van der Waals surface area contributed by atoms with E-state index in [2.05, 4.69) is 10.1 Å². The van der Waals surface area contributed by atoms with Crippen LogP contribution in [0.5, 0.6) is 5.75 Å². The molecule has 10 heteroatoms. The second-order valence-electron chi connectivity index (χ2n) is 7.26. The van der Waals surface area contributed by atoms with E-state index in [1.807, 2.05) is 0 Å². The molecule has 33 heavy (non-hydrogen) atoms. The number of halogens is 1. The predicted octanol–water partition coefficient (Wildman–Crippen LogP) is 3.52. The van der Waals surface area contributed by atoms with Gasteiger partial charge in [-0.25, -0.2) is 9.18 Å². The first-order chi connectivity index (χ1) is 16.0.